The highest BCUT2D eigenvalue weighted by molar-refractivity contribution is 9.10. The number of hydrogen-bond acceptors (Lipinski definition) is 3. The van der Waals surface area contributed by atoms with Crippen LogP contribution in [0.25, 0.3) is 0 Å². The number of hydrogen-bond donors (Lipinski definition) is 2. The summed E-state index contributed by atoms with van der Waals surface area (Å²) in [5.74, 6) is -0.938. The molecule has 2 N–H and O–H groups in total. The minimum atomic E-state index is -0.938. The van der Waals surface area contributed by atoms with Crippen LogP contribution in [0, 0.1) is 0 Å². The van der Waals surface area contributed by atoms with Gasteiger partial charge in [-0.1, -0.05) is 22.9 Å². The van der Waals surface area contributed by atoms with Gasteiger partial charge in [0.25, 0.3) is 0 Å². The number of anilines is 1. The van der Waals surface area contributed by atoms with Crippen molar-refractivity contribution >= 4 is 27.6 Å². The summed E-state index contributed by atoms with van der Waals surface area (Å²) in [6.45, 7) is 2.57. The number of aromatic carboxylic acids is 1. The van der Waals surface area contributed by atoms with Crippen molar-refractivity contribution < 1.29 is 14.6 Å². The first-order valence-corrected chi connectivity index (χ1v) is 6.16. The van der Waals surface area contributed by atoms with Gasteiger partial charge in [-0.3, -0.25) is 0 Å². The Bertz CT molecular complexity index is 395. The number of ether oxygens (including phenoxy) is 1. The Morgan fingerprint density at radius 1 is 1.59 bits per heavy atom. The van der Waals surface area contributed by atoms with Crippen molar-refractivity contribution in [2.75, 3.05) is 19.0 Å². The SMILES string of the molecule is CCC(COC)Nc1cc(Br)ccc1C(=O)O. The van der Waals surface area contributed by atoms with Gasteiger partial charge in [-0.2, -0.15) is 0 Å². The molecule has 1 aromatic carbocycles. The molecular formula is C12H16BrNO3. The van der Waals surface area contributed by atoms with Crippen molar-refractivity contribution in [3.05, 3.63) is 28.2 Å². The zero-order valence-corrected chi connectivity index (χ0v) is 11.5. The Balaban J connectivity index is 2.94. The van der Waals surface area contributed by atoms with Gasteiger partial charge in [0.1, 0.15) is 0 Å². The van der Waals surface area contributed by atoms with Gasteiger partial charge in [0.05, 0.1) is 17.9 Å². The van der Waals surface area contributed by atoms with Gasteiger partial charge in [0.15, 0.2) is 0 Å². The maximum atomic E-state index is 11.1. The molecule has 0 aliphatic rings. The monoisotopic (exact) mass is 301 g/mol. The Kier molecular flexibility index (Phi) is 5.44. The fraction of sp³-hybridized carbons (Fsp3) is 0.417. The van der Waals surface area contributed by atoms with Crippen LogP contribution in [0.5, 0.6) is 0 Å². The van der Waals surface area contributed by atoms with E-state index in [-0.39, 0.29) is 11.6 Å². The lowest BCUT2D eigenvalue weighted by Crippen LogP contribution is -2.25. The molecule has 0 aliphatic carbocycles. The average molecular weight is 302 g/mol. The van der Waals surface area contributed by atoms with Gasteiger partial charge in [0, 0.05) is 17.6 Å². The second-order valence-electron chi connectivity index (χ2n) is 3.70. The summed E-state index contributed by atoms with van der Waals surface area (Å²) < 4.78 is 5.92. The normalized spacial score (nSPS) is 12.2. The average Bonchev–Trinajstić information content (AvgIpc) is 2.28. The van der Waals surface area contributed by atoms with Crippen molar-refractivity contribution in [2.45, 2.75) is 19.4 Å². The Labute approximate surface area is 109 Å². The van der Waals surface area contributed by atoms with Crippen LogP contribution in [-0.4, -0.2) is 30.8 Å². The summed E-state index contributed by atoms with van der Waals surface area (Å²) in [5, 5.41) is 12.3. The third-order valence-corrected chi connectivity index (χ3v) is 2.93. The quantitative estimate of drug-likeness (QED) is 0.848. The third kappa shape index (κ3) is 4.02. The van der Waals surface area contributed by atoms with Crippen LogP contribution in [0.15, 0.2) is 22.7 Å². The highest BCUT2D eigenvalue weighted by Gasteiger charge is 2.13. The number of rotatable bonds is 6. The molecule has 0 bridgehead atoms. The van der Waals surface area contributed by atoms with E-state index in [1.54, 1.807) is 25.3 Å². The first kappa shape index (κ1) is 14.0. The van der Waals surface area contributed by atoms with E-state index in [9.17, 15) is 4.79 Å². The fourth-order valence-corrected chi connectivity index (χ4v) is 1.87. The molecule has 4 nitrogen and oxygen atoms in total. The van der Waals surface area contributed by atoms with E-state index < -0.39 is 5.97 Å². The predicted octanol–water partition coefficient (Wildman–Crippen LogP) is 2.98. The lowest BCUT2D eigenvalue weighted by molar-refractivity contribution is 0.0697. The minimum absolute atomic E-state index is 0.104. The molecule has 1 aromatic rings. The number of carbonyl (C=O) groups is 1. The predicted molar refractivity (Wildman–Crippen MR) is 70.7 cm³/mol. The van der Waals surface area contributed by atoms with Crippen molar-refractivity contribution in [3.63, 3.8) is 0 Å². The van der Waals surface area contributed by atoms with E-state index in [4.69, 9.17) is 9.84 Å². The minimum Gasteiger partial charge on any atom is -0.478 e. The lowest BCUT2D eigenvalue weighted by atomic mass is 10.1. The summed E-state index contributed by atoms with van der Waals surface area (Å²) in [5.41, 5.74) is 0.874. The van der Waals surface area contributed by atoms with E-state index >= 15 is 0 Å². The molecule has 1 unspecified atom stereocenters. The molecule has 0 fully saturated rings. The Morgan fingerprint density at radius 2 is 2.29 bits per heavy atom. The second-order valence-corrected chi connectivity index (χ2v) is 4.62. The summed E-state index contributed by atoms with van der Waals surface area (Å²) in [4.78, 5) is 11.1. The largest absolute Gasteiger partial charge is 0.478 e. The molecule has 0 saturated carbocycles. The molecule has 0 amide bonds. The van der Waals surface area contributed by atoms with Gasteiger partial charge in [-0.05, 0) is 24.6 Å². The maximum absolute atomic E-state index is 11.1. The molecule has 5 heteroatoms. The standard InChI is InChI=1S/C12H16BrNO3/c1-3-9(7-17-2)14-11-6-8(13)4-5-10(11)12(15)16/h4-6,9,14H,3,7H2,1-2H3,(H,15,16). The number of methoxy groups -OCH3 is 1. The van der Waals surface area contributed by atoms with Crippen molar-refractivity contribution in [1.82, 2.24) is 0 Å². The van der Waals surface area contributed by atoms with Gasteiger partial charge in [-0.15, -0.1) is 0 Å². The summed E-state index contributed by atoms with van der Waals surface area (Å²) in [6.07, 6.45) is 0.861. The number of halogens is 1. The van der Waals surface area contributed by atoms with Crippen LogP contribution < -0.4 is 5.32 Å². The van der Waals surface area contributed by atoms with E-state index in [0.29, 0.717) is 12.3 Å². The first-order valence-electron chi connectivity index (χ1n) is 5.36. The van der Waals surface area contributed by atoms with Gasteiger partial charge in [0.2, 0.25) is 0 Å². The highest BCUT2D eigenvalue weighted by atomic mass is 79.9. The number of nitrogens with one attached hydrogen (secondary N) is 1. The van der Waals surface area contributed by atoms with Gasteiger partial charge < -0.3 is 15.2 Å². The van der Waals surface area contributed by atoms with Crippen molar-refractivity contribution in [2.24, 2.45) is 0 Å². The molecule has 94 valence electrons. The molecule has 0 spiro atoms. The van der Waals surface area contributed by atoms with E-state index in [0.717, 1.165) is 10.9 Å². The molecule has 1 atom stereocenters. The van der Waals surface area contributed by atoms with Crippen molar-refractivity contribution in [1.29, 1.82) is 0 Å². The molecule has 0 heterocycles. The molecule has 0 aliphatic heterocycles. The van der Waals surface area contributed by atoms with Crippen molar-refractivity contribution in [3.8, 4) is 0 Å². The number of carboxylic acids is 1. The molecule has 0 saturated heterocycles. The van der Waals surface area contributed by atoms with E-state index in [2.05, 4.69) is 21.2 Å². The second kappa shape index (κ2) is 6.61. The molecule has 0 aromatic heterocycles. The Morgan fingerprint density at radius 3 is 2.82 bits per heavy atom. The molecular weight excluding hydrogens is 286 g/mol. The van der Waals surface area contributed by atoms with Gasteiger partial charge in [-0.25, -0.2) is 4.79 Å². The van der Waals surface area contributed by atoms with Crippen LogP contribution in [0.3, 0.4) is 0 Å². The highest BCUT2D eigenvalue weighted by Crippen LogP contribution is 2.22. The molecule has 0 radical (unpaired) electrons. The van der Waals surface area contributed by atoms with Crippen LogP contribution in [0.1, 0.15) is 23.7 Å². The van der Waals surface area contributed by atoms with Crippen LogP contribution in [0.2, 0.25) is 0 Å². The number of carboxylic acid groups (broad SMARTS) is 1. The lowest BCUT2D eigenvalue weighted by Gasteiger charge is -2.19. The molecule has 17 heavy (non-hydrogen) atoms. The molecule has 1 rings (SSSR count). The fourth-order valence-electron chi connectivity index (χ4n) is 1.51. The zero-order valence-electron chi connectivity index (χ0n) is 9.87. The van der Waals surface area contributed by atoms with Crippen LogP contribution in [-0.2, 0) is 4.74 Å². The Hall–Kier alpha value is -1.07. The van der Waals surface area contributed by atoms with Crippen LogP contribution in [0.4, 0.5) is 5.69 Å². The maximum Gasteiger partial charge on any atom is 0.337 e. The zero-order chi connectivity index (χ0) is 12.8. The smallest absolute Gasteiger partial charge is 0.337 e. The summed E-state index contributed by atoms with van der Waals surface area (Å²) in [6, 6.07) is 5.16. The van der Waals surface area contributed by atoms with E-state index in [1.165, 1.54) is 0 Å². The summed E-state index contributed by atoms with van der Waals surface area (Å²) in [7, 11) is 1.63. The summed E-state index contributed by atoms with van der Waals surface area (Å²) >= 11 is 3.33. The van der Waals surface area contributed by atoms with E-state index in [1.807, 2.05) is 6.92 Å². The topological polar surface area (TPSA) is 58.6 Å². The van der Waals surface area contributed by atoms with Crippen LogP contribution >= 0.6 is 15.9 Å². The van der Waals surface area contributed by atoms with Gasteiger partial charge >= 0.3 is 5.97 Å². The first-order chi connectivity index (χ1) is 8.08. The third-order valence-electron chi connectivity index (χ3n) is 2.43. The number of benzene rings is 1.